The minimum absolute atomic E-state index is 0.179. The van der Waals surface area contributed by atoms with Crippen LogP contribution >= 0.6 is 24.6 Å². The van der Waals surface area contributed by atoms with Crippen LogP contribution in [0.1, 0.15) is 0 Å². The van der Waals surface area contributed by atoms with Crippen molar-refractivity contribution in [2.45, 2.75) is 0 Å². The molecule has 0 radical (unpaired) electrons. The summed E-state index contributed by atoms with van der Waals surface area (Å²) >= 11 is 0. The fourth-order valence-electron chi connectivity index (χ4n) is 3.78. The normalized spacial score (nSPS) is 17.3. The molecule has 15 nitrogen and oxygen atoms in total. The van der Waals surface area contributed by atoms with Crippen molar-refractivity contribution in [3.8, 4) is 35.3 Å². The highest BCUT2D eigenvalue weighted by Crippen LogP contribution is 2.77. The van der Waals surface area contributed by atoms with Crippen molar-refractivity contribution in [1.82, 2.24) is 39.1 Å². The van der Waals surface area contributed by atoms with Crippen LogP contribution in [-0.4, -0.2) is 39.1 Å². The van der Waals surface area contributed by atoms with E-state index in [1.165, 1.54) is 9.21 Å². The van der Waals surface area contributed by atoms with Crippen LogP contribution in [0.2, 0.25) is 0 Å². The lowest BCUT2D eigenvalue weighted by Crippen LogP contribution is -2.37. The van der Waals surface area contributed by atoms with Gasteiger partial charge in [-0.05, 0) is 36.4 Å². The lowest BCUT2D eigenvalue weighted by molar-refractivity contribution is 0.0479. The molecule has 0 bridgehead atoms. The van der Waals surface area contributed by atoms with Gasteiger partial charge in [0.2, 0.25) is 35.3 Å². The summed E-state index contributed by atoms with van der Waals surface area (Å²) in [4.78, 5) is 39.3. The summed E-state index contributed by atoms with van der Waals surface area (Å²) in [6.45, 7) is 0. The summed E-state index contributed by atoms with van der Waals surface area (Å²) in [6.07, 6.45) is 9.52. The van der Waals surface area contributed by atoms with Crippen LogP contribution in [0, 0.1) is 0 Å². The second-order valence-electron chi connectivity index (χ2n) is 9.15. The maximum absolute atomic E-state index is 6.64. The molecule has 6 aromatic heterocycles. The lowest BCUT2D eigenvalue weighted by atomic mass is 10.5. The van der Waals surface area contributed by atoms with Gasteiger partial charge in [0.05, 0.1) is 0 Å². The first-order valence-corrected chi connectivity index (χ1v) is 18.0. The summed E-state index contributed by atoms with van der Waals surface area (Å²) in [6, 6.07) is 31.3. The monoisotopic (exact) mass is 699 g/mol. The molecule has 0 N–H and O–H groups in total. The molecule has 240 valence electrons. The summed E-state index contributed by atoms with van der Waals surface area (Å²) in [5.41, 5.74) is 0. The Morgan fingerprint density at radius 2 is 0.833 bits per heavy atom. The van der Waals surface area contributed by atoms with Gasteiger partial charge < -0.3 is 27.8 Å². The molecule has 0 aliphatic carbocycles. The van der Waals surface area contributed by atoms with E-state index < -0.39 is 24.6 Å². The van der Waals surface area contributed by atoms with Gasteiger partial charge in [0, 0.05) is 82.8 Å². The van der Waals surface area contributed by atoms with Crippen molar-refractivity contribution < 1.29 is 27.8 Å². The Morgan fingerprint density at radius 1 is 0.438 bits per heavy atom. The number of aromatic nitrogens is 6. The van der Waals surface area contributed by atoms with E-state index >= 15 is 0 Å². The minimum atomic E-state index is -3.96. The molecule has 7 rings (SSSR count). The summed E-state index contributed by atoms with van der Waals surface area (Å²) < 4.78 is 34.2. The van der Waals surface area contributed by atoms with Crippen LogP contribution in [0.15, 0.2) is 151 Å². The predicted molar refractivity (Wildman–Crippen MR) is 176 cm³/mol. The first-order chi connectivity index (χ1) is 23.7. The van der Waals surface area contributed by atoms with E-state index in [9.17, 15) is 0 Å². The van der Waals surface area contributed by atoms with E-state index in [4.69, 9.17) is 32.3 Å². The Morgan fingerprint density at radius 3 is 1.27 bits per heavy atom. The number of pyridine rings is 6. The number of nitrogens with zero attached hydrogens (tertiary/aromatic N) is 9. The molecule has 1 aliphatic rings. The van der Waals surface area contributed by atoms with Gasteiger partial charge >= 0.3 is 24.6 Å². The van der Waals surface area contributed by atoms with Gasteiger partial charge in [-0.1, -0.05) is 36.4 Å². The quantitative estimate of drug-likeness (QED) is 0.115. The molecule has 6 aromatic rings. The minimum Gasteiger partial charge on any atom is -0.422 e. The molecular weight excluding hydrogens is 675 g/mol. The SMILES string of the molecule is c1ccc(ON2P(Oc3ccccn3)N=P(Oc3ccccn3)(Oc3ccccn3)N(Oc3ccccn3)P2Oc2ccccn2)nc1. The molecule has 48 heavy (non-hydrogen) atoms. The Hall–Kier alpha value is -5.29. The van der Waals surface area contributed by atoms with Gasteiger partial charge in [-0.15, -0.1) is 4.52 Å². The maximum atomic E-state index is 6.64. The molecule has 7 heterocycles. The first kappa shape index (κ1) is 31.3. The van der Waals surface area contributed by atoms with Gasteiger partial charge in [0.15, 0.2) is 0 Å². The molecule has 0 saturated heterocycles. The van der Waals surface area contributed by atoms with E-state index in [0.717, 1.165) is 0 Å². The topological polar surface area (TPSA) is 152 Å². The molecule has 18 heteroatoms. The van der Waals surface area contributed by atoms with Crippen LogP contribution in [0.3, 0.4) is 0 Å². The van der Waals surface area contributed by atoms with Crippen molar-refractivity contribution in [2.24, 2.45) is 4.52 Å². The Kier molecular flexibility index (Phi) is 9.84. The summed E-state index contributed by atoms with van der Waals surface area (Å²) in [5, 5.41) is 0. The molecule has 2 unspecified atom stereocenters. The third kappa shape index (κ3) is 7.63. The lowest BCUT2D eigenvalue weighted by Gasteiger charge is -2.42. The fraction of sp³-hybridized carbons (Fsp3) is 0. The summed E-state index contributed by atoms with van der Waals surface area (Å²) in [5.74, 6) is 1.25. The molecule has 2 atom stereocenters. The average Bonchev–Trinajstić information content (AvgIpc) is 3.14. The Labute approximate surface area is 277 Å². The molecule has 0 spiro atoms. The zero-order valence-corrected chi connectivity index (χ0v) is 27.4. The molecular formula is C30H24N9O6P3. The largest absolute Gasteiger partial charge is 0.449 e. The van der Waals surface area contributed by atoms with Gasteiger partial charge in [0.1, 0.15) is 0 Å². The van der Waals surface area contributed by atoms with E-state index in [2.05, 4.69) is 29.9 Å². The number of hydrogen-bond donors (Lipinski definition) is 0. The van der Waals surface area contributed by atoms with E-state index in [1.807, 2.05) is 0 Å². The van der Waals surface area contributed by atoms with Crippen molar-refractivity contribution in [3.63, 3.8) is 0 Å². The van der Waals surface area contributed by atoms with Crippen LogP contribution in [0.5, 0.6) is 35.3 Å². The number of rotatable bonds is 12. The highest BCUT2D eigenvalue weighted by Gasteiger charge is 2.59. The Balaban J connectivity index is 1.46. The van der Waals surface area contributed by atoms with Crippen molar-refractivity contribution in [2.75, 3.05) is 0 Å². The molecule has 0 saturated carbocycles. The summed E-state index contributed by atoms with van der Waals surface area (Å²) in [7, 11) is -8.53. The standard InChI is InChI=1S/C30H24N9O6P3/c1-7-19-31-25(13-1)40-38-46(42-27-15-3-9-21-33-27)37-48(44-29-17-5-11-23-35-29,45-30-18-6-12-24-36-30)39(41-26-14-2-8-20-32-26)47(38)43-28-16-4-10-22-34-28/h1-24H. The number of hydrogen-bond acceptors (Lipinski definition) is 15. The zero-order chi connectivity index (χ0) is 32.4. The highest BCUT2D eigenvalue weighted by molar-refractivity contribution is 7.78. The zero-order valence-electron chi connectivity index (χ0n) is 24.7. The van der Waals surface area contributed by atoms with Crippen LogP contribution in [-0.2, 0) is 0 Å². The molecule has 0 aromatic carbocycles. The van der Waals surface area contributed by atoms with Gasteiger partial charge in [-0.2, -0.15) is 0 Å². The molecule has 1 aliphatic heterocycles. The fourth-order valence-corrected chi connectivity index (χ4v) is 11.1. The second-order valence-corrected chi connectivity index (χ2v) is 14.7. The van der Waals surface area contributed by atoms with E-state index in [-0.39, 0.29) is 35.3 Å². The smallest absolute Gasteiger partial charge is 0.422 e. The molecule has 0 fully saturated rings. The second kappa shape index (κ2) is 15.1. The third-order valence-electron chi connectivity index (χ3n) is 5.80. The Bertz CT molecular complexity index is 1890. The highest BCUT2D eigenvalue weighted by atomic mass is 31.3. The van der Waals surface area contributed by atoms with Gasteiger partial charge in [-0.25, -0.2) is 29.9 Å². The van der Waals surface area contributed by atoms with Gasteiger partial charge in [-0.3, -0.25) is 0 Å². The van der Waals surface area contributed by atoms with Crippen molar-refractivity contribution in [1.29, 1.82) is 0 Å². The van der Waals surface area contributed by atoms with Crippen LogP contribution < -0.4 is 27.8 Å². The van der Waals surface area contributed by atoms with Gasteiger partial charge in [0.25, 0.3) is 0 Å². The first-order valence-electron chi connectivity index (χ1n) is 14.1. The van der Waals surface area contributed by atoms with E-state index in [1.54, 1.807) is 146 Å². The van der Waals surface area contributed by atoms with Crippen molar-refractivity contribution in [3.05, 3.63) is 146 Å². The predicted octanol–water partition coefficient (Wildman–Crippen LogP) is 7.68. The van der Waals surface area contributed by atoms with Crippen LogP contribution in [0.25, 0.3) is 0 Å². The average molecular weight is 700 g/mol. The molecule has 0 amide bonds. The maximum Gasteiger partial charge on any atom is 0.449 e. The third-order valence-corrected chi connectivity index (χ3v) is 12.6. The van der Waals surface area contributed by atoms with E-state index in [0.29, 0.717) is 0 Å². The van der Waals surface area contributed by atoms with Crippen LogP contribution in [0.4, 0.5) is 0 Å². The van der Waals surface area contributed by atoms with Crippen molar-refractivity contribution >= 4 is 24.6 Å².